The third-order valence-corrected chi connectivity index (χ3v) is 4.23. The molecule has 0 saturated carbocycles. The van der Waals surface area contributed by atoms with Gasteiger partial charge in [-0.1, -0.05) is 24.3 Å². The van der Waals surface area contributed by atoms with E-state index in [1.54, 1.807) is 13.1 Å². The molecule has 0 saturated heterocycles. The van der Waals surface area contributed by atoms with E-state index in [0.717, 1.165) is 31.0 Å². The standard InChI is InChI=1S/C20H28N4O2.HI/c1-15-8-5-6-9-17(15)14-24(4)20(21-3)23-12-7-11-22-19(25)18-16(2)10-13-26-18;/h5-6,8-10,13H,7,11-12,14H2,1-4H3,(H,21,23)(H,22,25);1H. The summed E-state index contributed by atoms with van der Waals surface area (Å²) in [5, 5.41) is 6.20. The van der Waals surface area contributed by atoms with Gasteiger partial charge in [-0.05, 0) is 37.5 Å². The Bertz CT molecular complexity index is 758. The number of hydrogen-bond acceptors (Lipinski definition) is 3. The average Bonchev–Trinajstić information content (AvgIpc) is 3.06. The van der Waals surface area contributed by atoms with Gasteiger partial charge < -0.3 is 20.0 Å². The van der Waals surface area contributed by atoms with E-state index in [2.05, 4.69) is 45.6 Å². The quantitative estimate of drug-likeness (QED) is 0.274. The van der Waals surface area contributed by atoms with Crippen LogP contribution in [-0.2, 0) is 6.54 Å². The van der Waals surface area contributed by atoms with Gasteiger partial charge in [0.2, 0.25) is 0 Å². The summed E-state index contributed by atoms with van der Waals surface area (Å²) in [7, 11) is 3.79. The van der Waals surface area contributed by atoms with Crippen LogP contribution in [0.2, 0.25) is 0 Å². The normalized spacial score (nSPS) is 10.9. The van der Waals surface area contributed by atoms with Gasteiger partial charge >= 0.3 is 0 Å². The molecule has 1 heterocycles. The van der Waals surface area contributed by atoms with E-state index < -0.39 is 0 Å². The fourth-order valence-electron chi connectivity index (χ4n) is 2.68. The van der Waals surface area contributed by atoms with Crippen molar-refractivity contribution in [2.75, 3.05) is 27.2 Å². The molecule has 0 fully saturated rings. The van der Waals surface area contributed by atoms with E-state index in [-0.39, 0.29) is 29.9 Å². The van der Waals surface area contributed by atoms with E-state index in [1.165, 1.54) is 17.4 Å². The van der Waals surface area contributed by atoms with Crippen LogP contribution in [0.15, 0.2) is 46.0 Å². The van der Waals surface area contributed by atoms with Gasteiger partial charge in [0.1, 0.15) is 0 Å². The number of amides is 1. The number of nitrogens with one attached hydrogen (secondary N) is 2. The average molecular weight is 484 g/mol. The minimum Gasteiger partial charge on any atom is -0.459 e. The molecule has 0 aliphatic rings. The van der Waals surface area contributed by atoms with Gasteiger partial charge in [0, 0.05) is 39.3 Å². The van der Waals surface area contributed by atoms with Gasteiger partial charge in [0.25, 0.3) is 5.91 Å². The summed E-state index contributed by atoms with van der Waals surface area (Å²) in [4.78, 5) is 18.4. The van der Waals surface area contributed by atoms with E-state index in [4.69, 9.17) is 4.42 Å². The summed E-state index contributed by atoms with van der Waals surface area (Å²) in [5.74, 6) is 1.04. The molecule has 148 valence electrons. The summed E-state index contributed by atoms with van der Waals surface area (Å²) in [6.07, 6.45) is 2.32. The lowest BCUT2D eigenvalue weighted by atomic mass is 10.1. The van der Waals surface area contributed by atoms with Crippen molar-refractivity contribution in [2.45, 2.75) is 26.8 Å². The molecule has 0 aliphatic carbocycles. The highest BCUT2D eigenvalue weighted by molar-refractivity contribution is 14.0. The fraction of sp³-hybridized carbons (Fsp3) is 0.400. The minimum absolute atomic E-state index is 0. The Labute approximate surface area is 178 Å². The van der Waals surface area contributed by atoms with Crippen molar-refractivity contribution in [1.82, 2.24) is 15.5 Å². The van der Waals surface area contributed by atoms with E-state index >= 15 is 0 Å². The number of carbonyl (C=O) groups is 1. The number of halogens is 1. The molecule has 1 aromatic heterocycles. The third kappa shape index (κ3) is 6.89. The topological polar surface area (TPSA) is 69.9 Å². The van der Waals surface area contributed by atoms with Crippen molar-refractivity contribution in [2.24, 2.45) is 4.99 Å². The number of carbonyl (C=O) groups excluding carboxylic acids is 1. The zero-order valence-electron chi connectivity index (χ0n) is 16.4. The van der Waals surface area contributed by atoms with Gasteiger partial charge in [-0.3, -0.25) is 9.79 Å². The highest BCUT2D eigenvalue weighted by Gasteiger charge is 2.11. The molecule has 0 radical (unpaired) electrons. The highest BCUT2D eigenvalue weighted by Crippen LogP contribution is 2.10. The maximum atomic E-state index is 12.0. The van der Waals surface area contributed by atoms with Crippen molar-refractivity contribution in [1.29, 1.82) is 0 Å². The van der Waals surface area contributed by atoms with Crippen LogP contribution in [0.5, 0.6) is 0 Å². The largest absolute Gasteiger partial charge is 0.459 e. The Morgan fingerprint density at radius 1 is 1.11 bits per heavy atom. The second-order valence-corrected chi connectivity index (χ2v) is 6.30. The molecule has 2 rings (SSSR count). The molecule has 0 atom stereocenters. The maximum Gasteiger partial charge on any atom is 0.287 e. The van der Waals surface area contributed by atoms with Crippen LogP contribution in [-0.4, -0.2) is 44.0 Å². The molecule has 0 unspecified atom stereocenters. The van der Waals surface area contributed by atoms with Gasteiger partial charge in [-0.15, -0.1) is 24.0 Å². The first kappa shape index (κ1) is 23.0. The summed E-state index contributed by atoms with van der Waals surface area (Å²) in [5.41, 5.74) is 3.39. The highest BCUT2D eigenvalue weighted by atomic mass is 127. The lowest BCUT2D eigenvalue weighted by Gasteiger charge is -2.23. The first-order valence-electron chi connectivity index (χ1n) is 8.81. The van der Waals surface area contributed by atoms with Gasteiger partial charge in [-0.25, -0.2) is 0 Å². The molecule has 2 N–H and O–H groups in total. The summed E-state index contributed by atoms with van der Waals surface area (Å²) >= 11 is 0. The molecular formula is C20H29IN4O2. The smallest absolute Gasteiger partial charge is 0.287 e. The predicted molar refractivity (Wildman–Crippen MR) is 120 cm³/mol. The lowest BCUT2D eigenvalue weighted by Crippen LogP contribution is -2.39. The fourth-order valence-corrected chi connectivity index (χ4v) is 2.68. The number of hydrogen-bond donors (Lipinski definition) is 2. The predicted octanol–water partition coefficient (Wildman–Crippen LogP) is 3.34. The van der Waals surface area contributed by atoms with E-state index in [0.29, 0.717) is 12.3 Å². The van der Waals surface area contributed by atoms with Crippen molar-refractivity contribution < 1.29 is 9.21 Å². The van der Waals surface area contributed by atoms with Crippen molar-refractivity contribution in [3.05, 3.63) is 59.0 Å². The Morgan fingerprint density at radius 2 is 1.81 bits per heavy atom. The van der Waals surface area contributed by atoms with Crippen LogP contribution in [0.25, 0.3) is 0 Å². The minimum atomic E-state index is -0.173. The monoisotopic (exact) mass is 484 g/mol. The van der Waals surface area contributed by atoms with Gasteiger partial charge in [0.15, 0.2) is 11.7 Å². The molecule has 0 spiro atoms. The number of rotatable bonds is 7. The van der Waals surface area contributed by atoms with Crippen molar-refractivity contribution in [3.63, 3.8) is 0 Å². The summed E-state index contributed by atoms with van der Waals surface area (Å²) < 4.78 is 5.18. The molecule has 7 heteroatoms. The van der Waals surface area contributed by atoms with Crippen LogP contribution < -0.4 is 10.6 Å². The molecule has 0 bridgehead atoms. The third-order valence-electron chi connectivity index (χ3n) is 4.23. The second kappa shape index (κ2) is 11.6. The molecule has 27 heavy (non-hydrogen) atoms. The number of furan rings is 1. The van der Waals surface area contributed by atoms with Crippen LogP contribution in [0.3, 0.4) is 0 Å². The molecular weight excluding hydrogens is 455 g/mol. The first-order valence-corrected chi connectivity index (χ1v) is 8.81. The first-order chi connectivity index (χ1) is 12.5. The van der Waals surface area contributed by atoms with E-state index in [1.807, 2.05) is 20.0 Å². The van der Waals surface area contributed by atoms with Gasteiger partial charge in [-0.2, -0.15) is 0 Å². The zero-order chi connectivity index (χ0) is 18.9. The van der Waals surface area contributed by atoms with Crippen LogP contribution in [0.4, 0.5) is 0 Å². The molecule has 6 nitrogen and oxygen atoms in total. The summed E-state index contributed by atoms with van der Waals surface area (Å²) in [6.45, 7) is 6.06. The number of aryl methyl sites for hydroxylation is 2. The second-order valence-electron chi connectivity index (χ2n) is 6.30. The maximum absolute atomic E-state index is 12.0. The lowest BCUT2D eigenvalue weighted by molar-refractivity contribution is 0.0925. The van der Waals surface area contributed by atoms with E-state index in [9.17, 15) is 4.79 Å². The van der Waals surface area contributed by atoms with Crippen LogP contribution in [0.1, 0.15) is 33.7 Å². The SMILES string of the molecule is CN=C(NCCCNC(=O)c1occc1C)N(C)Cc1ccccc1C.I. The molecule has 1 aromatic carbocycles. The van der Waals surface area contributed by atoms with Crippen LogP contribution in [0, 0.1) is 13.8 Å². The zero-order valence-corrected chi connectivity index (χ0v) is 18.7. The number of nitrogens with zero attached hydrogens (tertiary/aromatic N) is 2. The number of aliphatic imine (C=N–C) groups is 1. The van der Waals surface area contributed by atoms with Crippen molar-refractivity contribution in [3.8, 4) is 0 Å². The molecule has 1 amide bonds. The Morgan fingerprint density at radius 3 is 2.44 bits per heavy atom. The van der Waals surface area contributed by atoms with Crippen LogP contribution >= 0.6 is 24.0 Å². The molecule has 2 aromatic rings. The summed E-state index contributed by atoms with van der Waals surface area (Å²) in [6, 6.07) is 10.1. The Kier molecular flexibility index (Phi) is 9.92. The number of benzene rings is 1. The van der Waals surface area contributed by atoms with Crippen molar-refractivity contribution >= 4 is 35.8 Å². The molecule has 0 aliphatic heterocycles. The Balaban J connectivity index is 0.00000364. The number of guanidine groups is 1. The van der Waals surface area contributed by atoms with Gasteiger partial charge in [0.05, 0.1) is 6.26 Å². The Hall–Kier alpha value is -2.03.